The van der Waals surface area contributed by atoms with Gasteiger partial charge in [0.05, 0.1) is 17.9 Å². The third kappa shape index (κ3) is 4.79. The SMILES string of the molecule is C[C@]1(C(N)=O)COc2c1cc(C(O)(CNC(=O)c1ccc3c(c1)OCC(=O)N3)C(F)(F)F)nc2-c1ccc(F)cc1. The van der Waals surface area contributed by atoms with E-state index in [1.165, 1.54) is 37.3 Å². The van der Waals surface area contributed by atoms with E-state index in [9.17, 15) is 37.1 Å². The summed E-state index contributed by atoms with van der Waals surface area (Å²) in [5, 5.41) is 15.7. The number of rotatable bonds is 6. The molecule has 0 saturated heterocycles. The summed E-state index contributed by atoms with van der Waals surface area (Å²) in [4.78, 5) is 40.7. The summed E-state index contributed by atoms with van der Waals surface area (Å²) in [6.07, 6.45) is -5.37. The van der Waals surface area contributed by atoms with Crippen LogP contribution >= 0.6 is 0 Å². The largest absolute Gasteiger partial charge is 0.489 e. The number of fused-ring (bicyclic) bond motifs is 2. The van der Waals surface area contributed by atoms with E-state index in [-0.39, 0.29) is 52.8 Å². The monoisotopic (exact) mass is 574 g/mol. The highest BCUT2D eigenvalue weighted by molar-refractivity contribution is 5.99. The molecule has 0 spiro atoms. The number of aromatic nitrogens is 1. The van der Waals surface area contributed by atoms with E-state index < -0.39 is 53.0 Å². The van der Waals surface area contributed by atoms with Gasteiger partial charge in [-0.15, -0.1) is 0 Å². The molecule has 5 N–H and O–H groups in total. The van der Waals surface area contributed by atoms with Crippen molar-refractivity contribution in [1.29, 1.82) is 0 Å². The Balaban J connectivity index is 1.55. The van der Waals surface area contributed by atoms with Crippen molar-refractivity contribution in [3.05, 3.63) is 71.2 Å². The highest BCUT2D eigenvalue weighted by atomic mass is 19.4. The average molecular weight is 574 g/mol. The fourth-order valence-corrected chi connectivity index (χ4v) is 4.46. The number of alkyl halides is 3. The van der Waals surface area contributed by atoms with Crippen LogP contribution in [0.2, 0.25) is 0 Å². The molecule has 3 heterocycles. The lowest BCUT2D eigenvalue weighted by Gasteiger charge is -2.31. The van der Waals surface area contributed by atoms with Crippen molar-refractivity contribution in [1.82, 2.24) is 10.3 Å². The smallest absolute Gasteiger partial charge is 0.424 e. The van der Waals surface area contributed by atoms with Gasteiger partial charge in [-0.25, -0.2) is 9.37 Å². The Bertz CT molecular complexity index is 1580. The maximum Gasteiger partial charge on any atom is 0.424 e. The summed E-state index contributed by atoms with van der Waals surface area (Å²) in [7, 11) is 0. The van der Waals surface area contributed by atoms with Crippen molar-refractivity contribution in [3.8, 4) is 22.8 Å². The zero-order valence-corrected chi connectivity index (χ0v) is 21.3. The minimum absolute atomic E-state index is 0.0450. The molecule has 10 nitrogen and oxygen atoms in total. The molecule has 2 aliphatic rings. The van der Waals surface area contributed by atoms with Crippen molar-refractivity contribution >= 4 is 23.4 Å². The maximum absolute atomic E-state index is 14.5. The van der Waals surface area contributed by atoms with Gasteiger partial charge >= 0.3 is 6.18 Å². The van der Waals surface area contributed by atoms with Crippen molar-refractivity contribution in [2.24, 2.45) is 5.73 Å². The van der Waals surface area contributed by atoms with E-state index in [0.29, 0.717) is 0 Å². The first kappa shape index (κ1) is 27.8. The molecule has 3 amide bonds. The molecule has 2 aliphatic heterocycles. The fraction of sp³-hybridized carbons (Fsp3) is 0.259. The number of halogens is 4. The number of hydrogen-bond donors (Lipinski definition) is 4. The predicted molar refractivity (Wildman–Crippen MR) is 135 cm³/mol. The van der Waals surface area contributed by atoms with Gasteiger partial charge in [-0.05, 0) is 55.5 Å². The van der Waals surface area contributed by atoms with Gasteiger partial charge in [-0.1, -0.05) is 0 Å². The standard InChI is InChI=1S/C27H22F4N4O6/c1-25(24(32)38)12-41-22-16(25)9-19(35-21(22)13-2-5-15(28)6-3-13)26(39,27(29,30)31)11-33-23(37)14-4-7-17-18(8-14)40-10-20(36)34-17/h2-9,39H,10-12H2,1H3,(H2,32,38)(H,33,37)(H,34,36)/t25-,26?/m0/s1. The number of nitrogens with one attached hydrogen (secondary N) is 2. The number of benzene rings is 2. The van der Waals surface area contributed by atoms with Gasteiger partial charge in [-0.3, -0.25) is 14.4 Å². The third-order valence-corrected chi connectivity index (χ3v) is 7.01. The van der Waals surface area contributed by atoms with E-state index in [1.54, 1.807) is 0 Å². The number of nitrogens with zero attached hydrogens (tertiary/aromatic N) is 1. The summed E-state index contributed by atoms with van der Waals surface area (Å²) >= 11 is 0. The van der Waals surface area contributed by atoms with Crippen LogP contribution in [-0.4, -0.2) is 53.7 Å². The van der Waals surface area contributed by atoms with Crippen LogP contribution in [0.3, 0.4) is 0 Å². The molecule has 0 fully saturated rings. The molecule has 0 saturated carbocycles. The summed E-state index contributed by atoms with van der Waals surface area (Å²) in [5.74, 6) is -2.82. The normalized spacial score (nSPS) is 19.1. The Morgan fingerprint density at radius 1 is 1.15 bits per heavy atom. The molecule has 2 atom stereocenters. The number of aliphatic hydroxyl groups is 1. The van der Waals surface area contributed by atoms with Crippen LogP contribution in [0.15, 0.2) is 48.5 Å². The topological polar surface area (TPSA) is 153 Å². The highest BCUT2D eigenvalue weighted by Crippen LogP contribution is 2.47. The Morgan fingerprint density at radius 3 is 2.51 bits per heavy atom. The van der Waals surface area contributed by atoms with Crippen LogP contribution in [0.5, 0.6) is 11.5 Å². The Morgan fingerprint density at radius 2 is 1.85 bits per heavy atom. The van der Waals surface area contributed by atoms with Gasteiger partial charge in [-0.2, -0.15) is 13.2 Å². The van der Waals surface area contributed by atoms with E-state index in [0.717, 1.165) is 18.2 Å². The zero-order chi connectivity index (χ0) is 29.7. The zero-order valence-electron chi connectivity index (χ0n) is 21.3. The molecule has 2 aromatic carbocycles. The van der Waals surface area contributed by atoms with Crippen LogP contribution < -0.4 is 25.8 Å². The molecular weight excluding hydrogens is 552 g/mol. The molecule has 0 bridgehead atoms. The number of amides is 3. The van der Waals surface area contributed by atoms with Gasteiger partial charge < -0.3 is 30.9 Å². The molecule has 0 radical (unpaired) electrons. The van der Waals surface area contributed by atoms with Gasteiger partial charge in [0, 0.05) is 16.7 Å². The average Bonchev–Trinajstić information content (AvgIpc) is 3.28. The van der Waals surface area contributed by atoms with Gasteiger partial charge in [0.2, 0.25) is 11.5 Å². The molecule has 0 aliphatic carbocycles. The number of primary amides is 1. The van der Waals surface area contributed by atoms with Crippen molar-refractivity contribution < 1.29 is 46.5 Å². The Labute approximate surface area is 229 Å². The first-order valence-electron chi connectivity index (χ1n) is 12.1. The fourth-order valence-electron chi connectivity index (χ4n) is 4.46. The number of ether oxygens (including phenoxy) is 2. The molecule has 1 aromatic heterocycles. The minimum atomic E-state index is -5.37. The summed E-state index contributed by atoms with van der Waals surface area (Å²) in [6, 6.07) is 9.32. The summed E-state index contributed by atoms with van der Waals surface area (Å²) in [5.41, 5.74) is -0.636. The lowest BCUT2D eigenvalue weighted by molar-refractivity contribution is -0.265. The van der Waals surface area contributed by atoms with Crippen LogP contribution in [0.1, 0.15) is 28.5 Å². The van der Waals surface area contributed by atoms with Crippen molar-refractivity contribution in [2.45, 2.75) is 24.1 Å². The summed E-state index contributed by atoms with van der Waals surface area (Å²) < 4.78 is 68.0. The molecule has 41 heavy (non-hydrogen) atoms. The predicted octanol–water partition coefficient (Wildman–Crippen LogP) is 2.53. The number of carbonyl (C=O) groups excluding carboxylic acids is 3. The highest BCUT2D eigenvalue weighted by Gasteiger charge is 2.57. The Hall–Kier alpha value is -4.72. The second-order valence-corrected chi connectivity index (χ2v) is 9.81. The lowest BCUT2D eigenvalue weighted by Crippen LogP contribution is -2.51. The van der Waals surface area contributed by atoms with Crippen molar-refractivity contribution in [2.75, 3.05) is 25.1 Å². The van der Waals surface area contributed by atoms with E-state index in [1.807, 2.05) is 0 Å². The second-order valence-electron chi connectivity index (χ2n) is 9.81. The quantitative estimate of drug-likeness (QED) is 0.330. The molecule has 3 aromatic rings. The van der Waals surface area contributed by atoms with Gasteiger partial charge in [0.1, 0.15) is 35.0 Å². The number of hydrogen-bond acceptors (Lipinski definition) is 7. The molecular formula is C27H22F4N4O6. The first-order valence-corrected chi connectivity index (χ1v) is 12.1. The lowest BCUT2D eigenvalue weighted by atomic mass is 9.81. The van der Waals surface area contributed by atoms with E-state index >= 15 is 0 Å². The molecule has 14 heteroatoms. The third-order valence-electron chi connectivity index (χ3n) is 7.01. The van der Waals surface area contributed by atoms with Crippen LogP contribution in [0, 0.1) is 5.82 Å². The van der Waals surface area contributed by atoms with Crippen LogP contribution in [-0.2, 0) is 20.6 Å². The van der Waals surface area contributed by atoms with Crippen LogP contribution in [0.4, 0.5) is 23.2 Å². The number of carbonyl (C=O) groups is 3. The Kier molecular flexibility index (Phi) is 6.60. The molecule has 5 rings (SSSR count). The minimum Gasteiger partial charge on any atom is -0.489 e. The maximum atomic E-state index is 14.5. The van der Waals surface area contributed by atoms with Gasteiger partial charge in [0.15, 0.2) is 6.61 Å². The molecule has 214 valence electrons. The van der Waals surface area contributed by atoms with Crippen LogP contribution in [0.25, 0.3) is 11.3 Å². The summed E-state index contributed by atoms with van der Waals surface area (Å²) in [6.45, 7) is -0.611. The van der Waals surface area contributed by atoms with E-state index in [4.69, 9.17) is 15.2 Å². The number of pyridine rings is 1. The first-order chi connectivity index (χ1) is 19.2. The van der Waals surface area contributed by atoms with Crippen molar-refractivity contribution in [3.63, 3.8) is 0 Å². The number of anilines is 1. The second kappa shape index (κ2) is 9.73. The van der Waals surface area contributed by atoms with Gasteiger partial charge in [0.25, 0.3) is 11.8 Å². The molecule has 1 unspecified atom stereocenters. The number of nitrogens with two attached hydrogens (primary N) is 1. The van der Waals surface area contributed by atoms with E-state index in [2.05, 4.69) is 15.6 Å².